The molecule has 0 unspecified atom stereocenters. The van der Waals surface area contributed by atoms with Crippen LogP contribution in [0.4, 0.5) is 0 Å². The molecule has 2 fully saturated rings. The first kappa shape index (κ1) is 12.8. The predicted molar refractivity (Wildman–Crippen MR) is 77.6 cm³/mol. The normalized spacial score (nSPS) is 20.4. The Kier molecular flexibility index (Phi) is 2.63. The number of carbonyl (C=O) groups is 1. The second kappa shape index (κ2) is 4.31. The van der Waals surface area contributed by atoms with E-state index in [0.29, 0.717) is 11.4 Å². The zero-order valence-corrected chi connectivity index (χ0v) is 11.7. The Bertz CT molecular complexity index is 721. The van der Waals surface area contributed by atoms with Crippen molar-refractivity contribution in [2.75, 3.05) is 6.61 Å². The third-order valence-electron chi connectivity index (χ3n) is 4.93. The standard InChI is InChI=1S/C16H18N2O3/c19-9-16(7-2-8-16)18-13-11(15(20)21)3-1-4-12(13)17-14(18)10-5-6-10/h1,3-4,10,19H,2,5-9H2,(H,20,21). The number of imidazole rings is 1. The molecule has 5 nitrogen and oxygen atoms in total. The number of fused-ring (bicyclic) bond motifs is 1. The lowest BCUT2D eigenvalue weighted by Gasteiger charge is -2.43. The number of carboxylic acid groups (broad SMARTS) is 1. The fourth-order valence-electron chi connectivity index (χ4n) is 3.45. The van der Waals surface area contributed by atoms with Crippen LogP contribution in [0, 0.1) is 0 Å². The molecule has 0 aliphatic heterocycles. The summed E-state index contributed by atoms with van der Waals surface area (Å²) in [5.41, 5.74) is 1.35. The van der Waals surface area contributed by atoms with E-state index >= 15 is 0 Å². The maximum absolute atomic E-state index is 11.6. The van der Waals surface area contributed by atoms with Gasteiger partial charge in [-0.3, -0.25) is 0 Å². The number of aliphatic hydroxyl groups excluding tert-OH is 1. The second-order valence-electron chi connectivity index (χ2n) is 6.29. The van der Waals surface area contributed by atoms with Gasteiger partial charge >= 0.3 is 5.97 Å². The predicted octanol–water partition coefficient (Wildman–Crippen LogP) is 2.48. The average Bonchev–Trinajstić information content (AvgIpc) is 3.20. The number of rotatable bonds is 4. The van der Waals surface area contributed by atoms with Gasteiger partial charge in [0.15, 0.2) is 0 Å². The summed E-state index contributed by atoms with van der Waals surface area (Å²) in [5.74, 6) is 0.451. The molecule has 2 saturated carbocycles. The Morgan fingerprint density at radius 2 is 2.14 bits per heavy atom. The number of para-hydroxylation sites is 1. The van der Waals surface area contributed by atoms with Gasteiger partial charge in [-0.05, 0) is 44.2 Å². The van der Waals surface area contributed by atoms with Crippen LogP contribution in [0.15, 0.2) is 18.2 Å². The summed E-state index contributed by atoms with van der Waals surface area (Å²) >= 11 is 0. The van der Waals surface area contributed by atoms with Gasteiger partial charge in [-0.2, -0.15) is 0 Å². The highest BCUT2D eigenvalue weighted by atomic mass is 16.4. The van der Waals surface area contributed by atoms with Crippen molar-refractivity contribution in [1.29, 1.82) is 0 Å². The third-order valence-corrected chi connectivity index (χ3v) is 4.93. The number of benzene rings is 1. The van der Waals surface area contributed by atoms with E-state index in [1.807, 2.05) is 6.07 Å². The molecular formula is C16H18N2O3. The van der Waals surface area contributed by atoms with Gasteiger partial charge in [0, 0.05) is 5.92 Å². The summed E-state index contributed by atoms with van der Waals surface area (Å²) in [7, 11) is 0. The average molecular weight is 286 g/mol. The number of nitrogens with zero attached hydrogens (tertiary/aromatic N) is 2. The van der Waals surface area contributed by atoms with Crippen molar-refractivity contribution in [2.24, 2.45) is 0 Å². The highest BCUT2D eigenvalue weighted by Gasteiger charge is 2.44. The van der Waals surface area contributed by atoms with Crippen molar-refractivity contribution in [1.82, 2.24) is 9.55 Å². The number of aromatic nitrogens is 2. The van der Waals surface area contributed by atoms with E-state index in [9.17, 15) is 15.0 Å². The first-order chi connectivity index (χ1) is 10.2. The highest BCUT2D eigenvalue weighted by molar-refractivity contribution is 6.01. The van der Waals surface area contributed by atoms with E-state index in [1.165, 1.54) is 0 Å². The monoisotopic (exact) mass is 286 g/mol. The van der Waals surface area contributed by atoms with Crippen molar-refractivity contribution in [2.45, 2.75) is 43.6 Å². The molecule has 1 aromatic heterocycles. The van der Waals surface area contributed by atoms with Crippen molar-refractivity contribution < 1.29 is 15.0 Å². The molecule has 0 spiro atoms. The molecule has 1 aromatic carbocycles. The molecule has 2 aromatic rings. The minimum Gasteiger partial charge on any atom is -0.478 e. The van der Waals surface area contributed by atoms with Crippen LogP contribution >= 0.6 is 0 Å². The van der Waals surface area contributed by atoms with Crippen LogP contribution in [-0.4, -0.2) is 32.3 Å². The minimum atomic E-state index is -0.934. The maximum Gasteiger partial charge on any atom is 0.337 e. The molecule has 2 aliphatic carbocycles. The van der Waals surface area contributed by atoms with Crippen LogP contribution in [0.1, 0.15) is 54.2 Å². The lowest BCUT2D eigenvalue weighted by atomic mass is 9.76. The summed E-state index contributed by atoms with van der Waals surface area (Å²) in [5, 5.41) is 19.4. The van der Waals surface area contributed by atoms with Crippen LogP contribution in [0.5, 0.6) is 0 Å². The number of aliphatic hydroxyl groups is 1. The zero-order valence-electron chi connectivity index (χ0n) is 11.7. The van der Waals surface area contributed by atoms with Gasteiger partial charge in [-0.15, -0.1) is 0 Å². The largest absolute Gasteiger partial charge is 0.478 e. The molecule has 1 heterocycles. The lowest BCUT2D eigenvalue weighted by Crippen LogP contribution is -2.45. The van der Waals surface area contributed by atoms with Crippen LogP contribution < -0.4 is 0 Å². The number of carboxylic acids is 1. The Hall–Kier alpha value is -1.88. The van der Waals surface area contributed by atoms with E-state index < -0.39 is 5.97 Å². The molecule has 2 N–H and O–H groups in total. The van der Waals surface area contributed by atoms with Gasteiger partial charge in [0.2, 0.25) is 0 Å². The molecule has 0 amide bonds. The molecule has 0 saturated heterocycles. The van der Waals surface area contributed by atoms with E-state index in [-0.39, 0.29) is 17.7 Å². The summed E-state index contributed by atoms with van der Waals surface area (Å²) in [6, 6.07) is 5.24. The van der Waals surface area contributed by atoms with Crippen molar-refractivity contribution in [3.63, 3.8) is 0 Å². The van der Waals surface area contributed by atoms with E-state index in [0.717, 1.165) is 43.4 Å². The zero-order chi connectivity index (χ0) is 14.6. The first-order valence-corrected chi connectivity index (χ1v) is 7.52. The Morgan fingerprint density at radius 3 is 2.67 bits per heavy atom. The molecule has 2 aliphatic rings. The van der Waals surface area contributed by atoms with Crippen LogP contribution in [0.2, 0.25) is 0 Å². The molecule has 21 heavy (non-hydrogen) atoms. The van der Waals surface area contributed by atoms with Crippen molar-refractivity contribution in [3.05, 3.63) is 29.6 Å². The fraction of sp³-hybridized carbons (Fsp3) is 0.500. The van der Waals surface area contributed by atoms with Gasteiger partial charge < -0.3 is 14.8 Å². The SMILES string of the molecule is O=C(O)c1cccc2nc(C3CC3)n(C3(CO)CCC3)c12. The maximum atomic E-state index is 11.6. The number of aromatic carboxylic acids is 1. The van der Waals surface area contributed by atoms with Crippen molar-refractivity contribution >= 4 is 17.0 Å². The Morgan fingerprint density at radius 1 is 1.38 bits per heavy atom. The molecule has 0 radical (unpaired) electrons. The minimum absolute atomic E-state index is 0.0478. The van der Waals surface area contributed by atoms with Crippen LogP contribution in [0.25, 0.3) is 11.0 Å². The smallest absolute Gasteiger partial charge is 0.337 e. The Balaban J connectivity index is 2.05. The Labute approximate surface area is 122 Å². The van der Waals surface area contributed by atoms with Gasteiger partial charge in [-0.25, -0.2) is 9.78 Å². The fourth-order valence-corrected chi connectivity index (χ4v) is 3.45. The summed E-state index contributed by atoms with van der Waals surface area (Å²) in [6.07, 6.45) is 5.06. The van der Waals surface area contributed by atoms with Gasteiger partial charge in [0.1, 0.15) is 5.82 Å². The molecule has 5 heteroatoms. The summed E-state index contributed by atoms with van der Waals surface area (Å²) < 4.78 is 2.06. The van der Waals surface area contributed by atoms with Crippen LogP contribution in [0.3, 0.4) is 0 Å². The lowest BCUT2D eigenvalue weighted by molar-refractivity contribution is 0.0556. The molecular weight excluding hydrogens is 268 g/mol. The third kappa shape index (κ3) is 1.73. The van der Waals surface area contributed by atoms with Crippen LogP contribution in [-0.2, 0) is 5.54 Å². The van der Waals surface area contributed by atoms with Crippen molar-refractivity contribution in [3.8, 4) is 0 Å². The number of hydrogen-bond acceptors (Lipinski definition) is 3. The van der Waals surface area contributed by atoms with Gasteiger partial charge in [-0.1, -0.05) is 6.07 Å². The van der Waals surface area contributed by atoms with Gasteiger partial charge in [0.05, 0.1) is 28.7 Å². The van der Waals surface area contributed by atoms with Gasteiger partial charge in [0.25, 0.3) is 0 Å². The quantitative estimate of drug-likeness (QED) is 0.905. The van der Waals surface area contributed by atoms with E-state index in [1.54, 1.807) is 12.1 Å². The number of hydrogen-bond donors (Lipinski definition) is 2. The summed E-state index contributed by atoms with van der Waals surface area (Å²) in [4.78, 5) is 16.3. The van der Waals surface area contributed by atoms with E-state index in [4.69, 9.17) is 4.98 Å². The van der Waals surface area contributed by atoms with E-state index in [2.05, 4.69) is 4.57 Å². The first-order valence-electron chi connectivity index (χ1n) is 7.52. The molecule has 110 valence electrons. The molecule has 4 rings (SSSR count). The summed E-state index contributed by atoms with van der Waals surface area (Å²) in [6.45, 7) is 0.0478. The topological polar surface area (TPSA) is 75.3 Å². The second-order valence-corrected chi connectivity index (χ2v) is 6.29. The highest BCUT2D eigenvalue weighted by Crippen LogP contribution is 2.48. The molecule has 0 bridgehead atoms. The molecule has 0 atom stereocenters.